The summed E-state index contributed by atoms with van der Waals surface area (Å²) in [5.74, 6) is 0.890. The molecule has 0 aliphatic heterocycles. The van der Waals surface area contributed by atoms with Crippen molar-refractivity contribution in [1.82, 2.24) is 9.55 Å². The predicted molar refractivity (Wildman–Crippen MR) is 123 cm³/mol. The third kappa shape index (κ3) is 1.91. The van der Waals surface area contributed by atoms with E-state index in [0.29, 0.717) is 0 Å². The maximum Gasteiger partial charge on any atom is 0.160 e. The Morgan fingerprint density at radius 2 is 1.27 bits per heavy atom. The Morgan fingerprint density at radius 1 is 0.600 bits per heavy atom. The van der Waals surface area contributed by atoms with Gasteiger partial charge in [0, 0.05) is 27.7 Å². The smallest absolute Gasteiger partial charge is 0.160 e. The highest BCUT2D eigenvalue weighted by Gasteiger charge is 2.22. The minimum atomic E-state index is 0.890. The van der Waals surface area contributed by atoms with Gasteiger partial charge in [0.15, 0.2) is 5.58 Å². The maximum atomic E-state index is 6.52. The van der Waals surface area contributed by atoms with E-state index in [2.05, 4.69) is 76.3 Å². The van der Waals surface area contributed by atoms with Crippen LogP contribution in [0.15, 0.2) is 102 Å². The number of para-hydroxylation sites is 2. The molecule has 7 aromatic rings. The van der Waals surface area contributed by atoms with Crippen molar-refractivity contribution in [3.8, 4) is 5.82 Å². The molecule has 7 rings (SSSR count). The Morgan fingerprint density at radius 3 is 2.07 bits per heavy atom. The second-order valence-electron chi connectivity index (χ2n) is 7.61. The Bertz CT molecular complexity index is 1740. The van der Waals surface area contributed by atoms with Gasteiger partial charge in [-0.25, -0.2) is 4.98 Å². The van der Waals surface area contributed by atoms with E-state index in [-0.39, 0.29) is 0 Å². The zero-order chi connectivity index (χ0) is 19.7. The molecule has 0 radical (unpaired) electrons. The van der Waals surface area contributed by atoms with Crippen LogP contribution >= 0.6 is 0 Å². The molecule has 0 aliphatic rings. The van der Waals surface area contributed by atoms with Crippen LogP contribution in [-0.2, 0) is 0 Å². The van der Waals surface area contributed by atoms with Gasteiger partial charge in [0.05, 0.1) is 11.0 Å². The first-order valence-corrected chi connectivity index (χ1v) is 10.1. The van der Waals surface area contributed by atoms with Crippen LogP contribution < -0.4 is 0 Å². The lowest BCUT2D eigenvalue weighted by Crippen LogP contribution is -1.96. The summed E-state index contributed by atoms with van der Waals surface area (Å²) in [6, 6.07) is 31.5. The van der Waals surface area contributed by atoms with Gasteiger partial charge < -0.3 is 4.42 Å². The van der Waals surface area contributed by atoms with Gasteiger partial charge in [0.25, 0.3) is 0 Å². The molecular weight excluding hydrogens is 368 g/mol. The van der Waals surface area contributed by atoms with Crippen LogP contribution in [0.1, 0.15) is 0 Å². The number of rotatable bonds is 1. The minimum absolute atomic E-state index is 0.890. The van der Waals surface area contributed by atoms with E-state index in [4.69, 9.17) is 4.42 Å². The van der Waals surface area contributed by atoms with Crippen molar-refractivity contribution in [3.63, 3.8) is 0 Å². The van der Waals surface area contributed by atoms with Crippen molar-refractivity contribution in [3.05, 3.63) is 97.2 Å². The molecule has 0 atom stereocenters. The lowest BCUT2D eigenvalue weighted by atomic mass is 9.99. The quantitative estimate of drug-likeness (QED) is 0.299. The topological polar surface area (TPSA) is 31.0 Å². The molecule has 0 spiro atoms. The summed E-state index contributed by atoms with van der Waals surface area (Å²) in [5.41, 5.74) is 4.01. The molecule has 3 aromatic heterocycles. The highest BCUT2D eigenvalue weighted by molar-refractivity contribution is 6.34. The van der Waals surface area contributed by atoms with E-state index in [1.54, 1.807) is 0 Å². The van der Waals surface area contributed by atoms with Crippen molar-refractivity contribution in [1.29, 1.82) is 0 Å². The molecule has 0 saturated carbocycles. The first-order valence-electron chi connectivity index (χ1n) is 10.1. The third-order valence-electron chi connectivity index (χ3n) is 6.03. The van der Waals surface area contributed by atoms with Crippen LogP contribution in [0, 0.1) is 0 Å². The monoisotopic (exact) mass is 384 g/mol. The molecule has 4 aromatic carbocycles. The number of hydrogen-bond donors (Lipinski definition) is 0. The number of hydrogen-bond acceptors (Lipinski definition) is 2. The van der Waals surface area contributed by atoms with E-state index in [1.165, 1.54) is 21.5 Å². The maximum absolute atomic E-state index is 6.52. The second kappa shape index (κ2) is 5.71. The number of aromatic nitrogens is 2. The predicted octanol–water partition coefficient (Wildman–Crippen LogP) is 7.23. The van der Waals surface area contributed by atoms with Crippen molar-refractivity contribution < 1.29 is 4.42 Å². The molecule has 0 N–H and O–H groups in total. The summed E-state index contributed by atoms with van der Waals surface area (Å²) in [4.78, 5) is 4.68. The van der Waals surface area contributed by atoms with E-state index < -0.39 is 0 Å². The first-order chi connectivity index (χ1) is 14.9. The molecule has 0 bridgehead atoms. The van der Waals surface area contributed by atoms with E-state index >= 15 is 0 Å². The summed E-state index contributed by atoms with van der Waals surface area (Å²) in [6.07, 6.45) is 1.84. The molecule has 3 heteroatoms. The summed E-state index contributed by atoms with van der Waals surface area (Å²) in [6.45, 7) is 0. The Hall–Kier alpha value is -4.11. The van der Waals surface area contributed by atoms with E-state index in [1.807, 2.05) is 30.5 Å². The molecule has 0 unspecified atom stereocenters. The van der Waals surface area contributed by atoms with Crippen LogP contribution in [0.5, 0.6) is 0 Å². The number of pyridine rings is 1. The summed E-state index contributed by atoms with van der Waals surface area (Å²) >= 11 is 0. The second-order valence-corrected chi connectivity index (χ2v) is 7.61. The van der Waals surface area contributed by atoms with E-state index in [9.17, 15) is 0 Å². The van der Waals surface area contributed by atoms with Crippen LogP contribution in [0.25, 0.3) is 60.3 Å². The first kappa shape index (κ1) is 15.8. The fourth-order valence-corrected chi connectivity index (χ4v) is 4.85. The largest absolute Gasteiger partial charge is 0.454 e. The van der Waals surface area contributed by atoms with Crippen molar-refractivity contribution in [2.75, 3.05) is 0 Å². The fraction of sp³-hybridized carbons (Fsp3) is 0. The van der Waals surface area contributed by atoms with Gasteiger partial charge in [-0.3, -0.25) is 4.57 Å². The molecule has 3 heterocycles. The summed E-state index contributed by atoms with van der Waals surface area (Å²) in [5, 5.41) is 7.17. The molecule has 0 aliphatic carbocycles. The zero-order valence-corrected chi connectivity index (χ0v) is 16.0. The van der Waals surface area contributed by atoms with Crippen LogP contribution in [0.2, 0.25) is 0 Å². The van der Waals surface area contributed by atoms with Crippen molar-refractivity contribution >= 4 is 54.5 Å². The molecule has 3 nitrogen and oxygen atoms in total. The third-order valence-corrected chi connectivity index (χ3v) is 6.03. The lowest BCUT2D eigenvalue weighted by Gasteiger charge is -2.08. The number of furan rings is 1. The molecular formula is C27H16N2O. The molecule has 30 heavy (non-hydrogen) atoms. The summed E-state index contributed by atoms with van der Waals surface area (Å²) in [7, 11) is 0. The standard InChI is InChI=1S/C27H16N2O/c1-2-10-18-17(9-1)24-19-11-3-5-13-21(19)29(23-15-7-8-16-28-23)26(24)27-25(18)20-12-4-6-14-22(20)30-27/h1-16H. The molecule has 0 fully saturated rings. The number of fused-ring (bicyclic) bond motifs is 10. The Kier molecular flexibility index (Phi) is 3.00. The fourth-order valence-electron chi connectivity index (χ4n) is 4.85. The molecule has 0 amide bonds. The van der Waals surface area contributed by atoms with Crippen molar-refractivity contribution in [2.24, 2.45) is 0 Å². The minimum Gasteiger partial charge on any atom is -0.454 e. The average molecular weight is 384 g/mol. The van der Waals surface area contributed by atoms with Gasteiger partial charge in [-0.15, -0.1) is 0 Å². The van der Waals surface area contributed by atoms with Gasteiger partial charge in [-0.05, 0) is 35.0 Å². The zero-order valence-electron chi connectivity index (χ0n) is 16.0. The molecule has 0 saturated heterocycles. The van der Waals surface area contributed by atoms with Gasteiger partial charge in [0.1, 0.15) is 11.4 Å². The van der Waals surface area contributed by atoms with Gasteiger partial charge >= 0.3 is 0 Å². The molecule has 140 valence electrons. The normalized spacial score (nSPS) is 12.0. The number of nitrogens with zero attached hydrogens (tertiary/aromatic N) is 2. The number of benzene rings is 4. The van der Waals surface area contributed by atoms with Gasteiger partial charge in [0.2, 0.25) is 0 Å². The van der Waals surface area contributed by atoms with Crippen LogP contribution in [0.3, 0.4) is 0 Å². The SMILES string of the molecule is c1ccc(-n2c3ccccc3c3c4ccccc4c4c5ccccc5oc4c32)nc1. The summed E-state index contributed by atoms with van der Waals surface area (Å²) < 4.78 is 8.75. The van der Waals surface area contributed by atoms with Gasteiger partial charge in [-0.1, -0.05) is 66.7 Å². The highest BCUT2D eigenvalue weighted by Crippen LogP contribution is 2.45. The average Bonchev–Trinajstić information content (AvgIpc) is 3.36. The Balaban J connectivity index is 1.89. The van der Waals surface area contributed by atoms with E-state index in [0.717, 1.165) is 38.8 Å². The highest BCUT2D eigenvalue weighted by atomic mass is 16.3. The van der Waals surface area contributed by atoms with Gasteiger partial charge in [-0.2, -0.15) is 0 Å². The Labute approximate surface area is 171 Å². The van der Waals surface area contributed by atoms with Crippen molar-refractivity contribution in [2.45, 2.75) is 0 Å². The van der Waals surface area contributed by atoms with Crippen LogP contribution in [-0.4, -0.2) is 9.55 Å². The van der Waals surface area contributed by atoms with Crippen LogP contribution in [0.4, 0.5) is 0 Å². The lowest BCUT2D eigenvalue weighted by molar-refractivity contribution is 0.671.